The minimum atomic E-state index is -0.456. The minimum absolute atomic E-state index is 0.456. The molecule has 2 aromatic rings. The molecule has 86 valence electrons. The summed E-state index contributed by atoms with van der Waals surface area (Å²) in [4.78, 5) is 0. The molecular weight excluding hydrogens is 268 g/mol. The third kappa shape index (κ3) is 2.00. The van der Waals surface area contributed by atoms with Crippen molar-refractivity contribution in [1.82, 2.24) is 4.57 Å². The summed E-state index contributed by atoms with van der Waals surface area (Å²) >= 11 is 3.46. The van der Waals surface area contributed by atoms with Crippen LogP contribution in [-0.2, 0) is 6.54 Å². The maximum atomic E-state index is 9.72. The average Bonchev–Trinajstić information content (AvgIpc) is 2.58. The van der Waals surface area contributed by atoms with Crippen LogP contribution in [0.1, 0.15) is 18.6 Å². The lowest BCUT2D eigenvalue weighted by molar-refractivity contribution is 0.200. The van der Waals surface area contributed by atoms with Crippen molar-refractivity contribution in [1.29, 1.82) is 0 Å². The Hall–Kier alpha value is -0.840. The van der Waals surface area contributed by atoms with Gasteiger partial charge in [0.15, 0.2) is 0 Å². The summed E-state index contributed by atoms with van der Waals surface area (Å²) < 4.78 is 3.12. The van der Waals surface area contributed by atoms with Crippen LogP contribution in [0.25, 0.3) is 10.9 Å². The number of nitrogens with zero attached hydrogens (tertiary/aromatic N) is 1. The Morgan fingerprint density at radius 3 is 2.88 bits per heavy atom. The third-order valence-electron chi connectivity index (χ3n) is 2.70. The third-order valence-corrected chi connectivity index (χ3v) is 3.19. The van der Waals surface area contributed by atoms with Crippen LogP contribution in [0.2, 0.25) is 0 Å². The second-order valence-electron chi connectivity index (χ2n) is 3.90. The maximum absolute atomic E-state index is 9.72. The lowest BCUT2D eigenvalue weighted by Gasteiger charge is -2.02. The molecule has 16 heavy (non-hydrogen) atoms. The van der Waals surface area contributed by atoms with Gasteiger partial charge in [0.25, 0.3) is 0 Å². The number of fused-ring (bicyclic) bond motifs is 1. The van der Waals surface area contributed by atoms with E-state index < -0.39 is 6.10 Å². The van der Waals surface area contributed by atoms with E-state index in [2.05, 4.69) is 26.6 Å². The van der Waals surface area contributed by atoms with E-state index >= 15 is 0 Å². The van der Waals surface area contributed by atoms with Crippen molar-refractivity contribution in [2.24, 2.45) is 5.73 Å². The number of halogens is 1. The van der Waals surface area contributed by atoms with Gasteiger partial charge in [-0.05, 0) is 19.1 Å². The van der Waals surface area contributed by atoms with Crippen molar-refractivity contribution in [3.8, 4) is 0 Å². The Morgan fingerprint density at radius 2 is 2.25 bits per heavy atom. The van der Waals surface area contributed by atoms with Crippen molar-refractivity contribution in [3.05, 3.63) is 34.4 Å². The largest absolute Gasteiger partial charge is 0.389 e. The molecule has 0 aliphatic carbocycles. The number of rotatable bonds is 3. The van der Waals surface area contributed by atoms with Gasteiger partial charge < -0.3 is 15.4 Å². The molecule has 3 nitrogen and oxygen atoms in total. The van der Waals surface area contributed by atoms with Crippen LogP contribution >= 0.6 is 15.9 Å². The van der Waals surface area contributed by atoms with E-state index in [1.807, 2.05) is 18.3 Å². The second kappa shape index (κ2) is 4.57. The predicted molar refractivity (Wildman–Crippen MR) is 69.3 cm³/mol. The van der Waals surface area contributed by atoms with Crippen molar-refractivity contribution in [2.45, 2.75) is 19.6 Å². The first kappa shape index (κ1) is 11.6. The van der Waals surface area contributed by atoms with Crippen molar-refractivity contribution >= 4 is 26.8 Å². The molecule has 3 N–H and O–H groups in total. The normalized spacial score (nSPS) is 13.2. The van der Waals surface area contributed by atoms with Crippen LogP contribution < -0.4 is 5.73 Å². The first-order valence-corrected chi connectivity index (χ1v) is 6.09. The van der Waals surface area contributed by atoms with Gasteiger partial charge in [0.1, 0.15) is 0 Å². The molecule has 0 aliphatic heterocycles. The molecule has 0 saturated heterocycles. The summed E-state index contributed by atoms with van der Waals surface area (Å²) in [6, 6.07) is 6.06. The quantitative estimate of drug-likeness (QED) is 0.909. The Morgan fingerprint density at radius 1 is 1.50 bits per heavy atom. The molecule has 1 aromatic heterocycles. The smallest absolute Gasteiger partial charge is 0.0782 e. The van der Waals surface area contributed by atoms with Gasteiger partial charge in [-0.1, -0.05) is 22.0 Å². The zero-order valence-corrected chi connectivity index (χ0v) is 10.7. The molecule has 0 radical (unpaired) electrons. The molecule has 1 atom stereocenters. The van der Waals surface area contributed by atoms with Crippen LogP contribution in [0.3, 0.4) is 0 Å². The fourth-order valence-electron chi connectivity index (χ4n) is 1.95. The molecule has 2 rings (SSSR count). The first-order valence-electron chi connectivity index (χ1n) is 5.30. The molecule has 1 aromatic carbocycles. The van der Waals surface area contributed by atoms with E-state index in [-0.39, 0.29) is 0 Å². The molecule has 0 fully saturated rings. The van der Waals surface area contributed by atoms with Gasteiger partial charge in [-0.15, -0.1) is 0 Å². The highest BCUT2D eigenvalue weighted by molar-refractivity contribution is 9.10. The van der Waals surface area contributed by atoms with Crippen molar-refractivity contribution in [3.63, 3.8) is 0 Å². The van der Waals surface area contributed by atoms with Crippen LogP contribution in [0.15, 0.2) is 28.9 Å². The SMILES string of the molecule is CC(O)c1cn(CCN)c2cc(Br)ccc12. The Labute approximate surface area is 103 Å². The number of aliphatic hydroxyl groups is 1. The highest BCUT2D eigenvalue weighted by Crippen LogP contribution is 2.28. The van der Waals surface area contributed by atoms with Crippen LogP contribution in [0.5, 0.6) is 0 Å². The lowest BCUT2D eigenvalue weighted by atomic mass is 10.1. The Balaban J connectivity index is 2.66. The number of aromatic nitrogens is 1. The first-order chi connectivity index (χ1) is 7.63. The zero-order chi connectivity index (χ0) is 11.7. The molecule has 0 saturated carbocycles. The van der Waals surface area contributed by atoms with E-state index in [0.717, 1.165) is 27.5 Å². The van der Waals surface area contributed by atoms with E-state index in [1.165, 1.54) is 0 Å². The number of benzene rings is 1. The van der Waals surface area contributed by atoms with Gasteiger partial charge in [-0.2, -0.15) is 0 Å². The maximum Gasteiger partial charge on any atom is 0.0782 e. The molecule has 1 unspecified atom stereocenters. The summed E-state index contributed by atoms with van der Waals surface area (Å²) in [5.41, 5.74) is 7.64. The van der Waals surface area contributed by atoms with Gasteiger partial charge in [-0.25, -0.2) is 0 Å². The molecule has 1 heterocycles. The lowest BCUT2D eigenvalue weighted by Crippen LogP contribution is -2.08. The highest BCUT2D eigenvalue weighted by Gasteiger charge is 2.11. The number of hydrogen-bond acceptors (Lipinski definition) is 2. The molecule has 0 bridgehead atoms. The van der Waals surface area contributed by atoms with Gasteiger partial charge in [0, 0.05) is 40.2 Å². The standard InChI is InChI=1S/C12H15BrN2O/c1-8(16)11-7-15(5-4-14)12-6-9(13)2-3-10(11)12/h2-3,6-8,16H,4-5,14H2,1H3. The van der Waals surface area contributed by atoms with Gasteiger partial charge in [-0.3, -0.25) is 0 Å². The van der Waals surface area contributed by atoms with E-state index in [9.17, 15) is 5.11 Å². The summed E-state index contributed by atoms with van der Waals surface area (Å²) in [7, 11) is 0. The van der Waals surface area contributed by atoms with E-state index in [1.54, 1.807) is 6.92 Å². The summed E-state index contributed by atoms with van der Waals surface area (Å²) in [5.74, 6) is 0. The van der Waals surface area contributed by atoms with Crippen LogP contribution in [0.4, 0.5) is 0 Å². The fourth-order valence-corrected chi connectivity index (χ4v) is 2.30. The fraction of sp³-hybridized carbons (Fsp3) is 0.333. The number of aliphatic hydroxyl groups excluding tert-OH is 1. The average molecular weight is 283 g/mol. The molecule has 0 amide bonds. The molecule has 4 heteroatoms. The summed E-state index contributed by atoms with van der Waals surface area (Å²) in [6.45, 7) is 3.14. The van der Waals surface area contributed by atoms with E-state index in [4.69, 9.17) is 5.73 Å². The molecule has 0 aliphatic rings. The highest BCUT2D eigenvalue weighted by atomic mass is 79.9. The predicted octanol–water partition coefficient (Wildman–Crippen LogP) is 2.42. The molecular formula is C12H15BrN2O. The summed E-state index contributed by atoms with van der Waals surface area (Å²) in [6.07, 6.45) is 1.52. The minimum Gasteiger partial charge on any atom is -0.389 e. The van der Waals surface area contributed by atoms with Crippen molar-refractivity contribution < 1.29 is 5.11 Å². The van der Waals surface area contributed by atoms with Crippen LogP contribution in [0, 0.1) is 0 Å². The van der Waals surface area contributed by atoms with Crippen LogP contribution in [-0.4, -0.2) is 16.2 Å². The number of hydrogen-bond donors (Lipinski definition) is 2. The monoisotopic (exact) mass is 282 g/mol. The number of nitrogens with two attached hydrogens (primary N) is 1. The van der Waals surface area contributed by atoms with E-state index in [0.29, 0.717) is 6.54 Å². The Bertz CT molecular complexity index is 505. The second-order valence-corrected chi connectivity index (χ2v) is 4.82. The summed E-state index contributed by atoms with van der Waals surface area (Å²) in [5, 5.41) is 10.8. The molecule has 0 spiro atoms. The zero-order valence-electron chi connectivity index (χ0n) is 9.15. The van der Waals surface area contributed by atoms with Gasteiger partial charge in [0.05, 0.1) is 6.10 Å². The Kier molecular flexibility index (Phi) is 3.33. The van der Waals surface area contributed by atoms with Gasteiger partial charge in [0.2, 0.25) is 0 Å². The van der Waals surface area contributed by atoms with Gasteiger partial charge >= 0.3 is 0 Å². The topological polar surface area (TPSA) is 51.2 Å². The van der Waals surface area contributed by atoms with Crippen molar-refractivity contribution in [2.75, 3.05) is 6.54 Å².